The number of imidazole rings is 2. The average molecular weight is 309 g/mol. The molecule has 0 saturated heterocycles. The zero-order valence-corrected chi connectivity index (χ0v) is 13.4. The summed E-state index contributed by atoms with van der Waals surface area (Å²) < 4.78 is 5.26. The third-order valence-electron chi connectivity index (χ3n) is 3.74. The number of hydrogen-bond donors (Lipinski definition) is 0. The normalized spacial score (nSPS) is 11.4. The van der Waals surface area contributed by atoms with Gasteiger partial charge in [-0.3, -0.25) is 4.57 Å². The predicted molar refractivity (Wildman–Crippen MR) is 88.4 cm³/mol. The molecule has 3 aromatic heterocycles. The minimum absolute atomic E-state index is 0.851. The van der Waals surface area contributed by atoms with E-state index in [1.165, 1.54) is 4.70 Å². The minimum Gasteiger partial charge on any atom is -0.337 e. The van der Waals surface area contributed by atoms with Crippen molar-refractivity contribution in [2.24, 2.45) is 7.05 Å². The Morgan fingerprint density at radius 2 is 2.00 bits per heavy atom. The monoisotopic (exact) mass is 309 g/mol. The van der Waals surface area contributed by atoms with Gasteiger partial charge in [-0.25, -0.2) is 15.0 Å². The van der Waals surface area contributed by atoms with E-state index in [-0.39, 0.29) is 0 Å². The number of thiazole rings is 1. The van der Waals surface area contributed by atoms with Crippen molar-refractivity contribution in [2.45, 2.75) is 13.8 Å². The molecule has 0 bridgehead atoms. The summed E-state index contributed by atoms with van der Waals surface area (Å²) in [6, 6.07) is 6.28. The molecule has 1 aromatic carbocycles. The fourth-order valence-electron chi connectivity index (χ4n) is 2.55. The second-order valence-electron chi connectivity index (χ2n) is 5.29. The Labute approximate surface area is 131 Å². The van der Waals surface area contributed by atoms with E-state index in [1.54, 1.807) is 11.3 Å². The molecule has 3 heterocycles. The topological polar surface area (TPSA) is 48.5 Å². The van der Waals surface area contributed by atoms with E-state index in [4.69, 9.17) is 0 Å². The first-order valence-corrected chi connectivity index (χ1v) is 7.85. The van der Waals surface area contributed by atoms with Crippen molar-refractivity contribution >= 4 is 21.6 Å². The van der Waals surface area contributed by atoms with Crippen LogP contribution in [0.15, 0.2) is 36.8 Å². The molecule has 4 rings (SSSR count). The number of aryl methyl sites for hydroxylation is 3. The van der Waals surface area contributed by atoms with E-state index in [2.05, 4.69) is 37.7 Å². The fraction of sp³-hybridized carbons (Fsp3) is 0.188. The van der Waals surface area contributed by atoms with Gasteiger partial charge in [0.25, 0.3) is 0 Å². The Balaban J connectivity index is 1.86. The third kappa shape index (κ3) is 2.03. The highest BCUT2D eigenvalue weighted by Gasteiger charge is 2.12. The Morgan fingerprint density at radius 3 is 2.77 bits per heavy atom. The maximum Gasteiger partial charge on any atom is 0.164 e. The first-order valence-electron chi connectivity index (χ1n) is 7.03. The molecule has 0 saturated carbocycles. The lowest BCUT2D eigenvalue weighted by Crippen LogP contribution is -1.96. The Hall–Kier alpha value is -2.47. The summed E-state index contributed by atoms with van der Waals surface area (Å²) in [7, 11) is 1.99. The van der Waals surface area contributed by atoms with Crippen molar-refractivity contribution in [1.29, 1.82) is 0 Å². The SMILES string of the molecule is Cc1nc2ccc(-n3ccnc3-c3cn(C)c(C)n3)cc2s1. The molecule has 0 spiro atoms. The van der Waals surface area contributed by atoms with E-state index < -0.39 is 0 Å². The van der Waals surface area contributed by atoms with Crippen molar-refractivity contribution in [1.82, 2.24) is 24.1 Å². The van der Waals surface area contributed by atoms with Crippen molar-refractivity contribution in [3.8, 4) is 17.2 Å². The van der Waals surface area contributed by atoms with Crippen LogP contribution in [0.1, 0.15) is 10.8 Å². The number of nitrogens with zero attached hydrogens (tertiary/aromatic N) is 5. The van der Waals surface area contributed by atoms with Crippen LogP contribution in [0.25, 0.3) is 27.4 Å². The maximum absolute atomic E-state index is 4.58. The summed E-state index contributed by atoms with van der Waals surface area (Å²) >= 11 is 1.71. The molecule has 5 nitrogen and oxygen atoms in total. The van der Waals surface area contributed by atoms with Crippen LogP contribution in [-0.4, -0.2) is 24.1 Å². The Bertz CT molecular complexity index is 956. The number of benzene rings is 1. The van der Waals surface area contributed by atoms with Gasteiger partial charge in [0.1, 0.15) is 11.5 Å². The zero-order chi connectivity index (χ0) is 15.3. The van der Waals surface area contributed by atoms with Crippen molar-refractivity contribution < 1.29 is 0 Å². The van der Waals surface area contributed by atoms with Crippen molar-refractivity contribution in [3.05, 3.63) is 47.6 Å². The van der Waals surface area contributed by atoms with Gasteiger partial charge in [0.05, 0.1) is 15.2 Å². The molecular formula is C16H15N5S. The lowest BCUT2D eigenvalue weighted by atomic mass is 10.3. The molecule has 110 valence electrons. The minimum atomic E-state index is 0.851. The molecule has 0 radical (unpaired) electrons. The van der Waals surface area contributed by atoms with Gasteiger partial charge in [0.2, 0.25) is 0 Å². The van der Waals surface area contributed by atoms with Crippen molar-refractivity contribution in [3.63, 3.8) is 0 Å². The molecule has 0 N–H and O–H groups in total. The standard InChI is InChI=1S/C16H15N5S/c1-10-18-14(9-20(10)3)16-17-6-7-21(16)12-4-5-13-15(8-12)22-11(2)19-13/h4-9H,1-3H3. The van der Waals surface area contributed by atoms with Crippen LogP contribution >= 0.6 is 11.3 Å². The van der Waals surface area contributed by atoms with E-state index in [1.807, 2.05) is 44.1 Å². The van der Waals surface area contributed by atoms with Crippen LogP contribution in [0.2, 0.25) is 0 Å². The summed E-state index contributed by atoms with van der Waals surface area (Å²) in [6.07, 6.45) is 5.78. The van der Waals surface area contributed by atoms with E-state index in [0.717, 1.165) is 33.6 Å². The first kappa shape index (κ1) is 13.2. The molecule has 0 aliphatic rings. The van der Waals surface area contributed by atoms with Crippen LogP contribution in [0.3, 0.4) is 0 Å². The molecule has 0 aliphatic carbocycles. The van der Waals surface area contributed by atoms with Gasteiger partial charge in [0, 0.05) is 31.3 Å². The molecule has 0 atom stereocenters. The van der Waals surface area contributed by atoms with Gasteiger partial charge >= 0.3 is 0 Å². The molecule has 22 heavy (non-hydrogen) atoms. The van der Waals surface area contributed by atoms with E-state index >= 15 is 0 Å². The Morgan fingerprint density at radius 1 is 1.14 bits per heavy atom. The number of fused-ring (bicyclic) bond motifs is 1. The van der Waals surface area contributed by atoms with Gasteiger partial charge in [-0.15, -0.1) is 11.3 Å². The second-order valence-corrected chi connectivity index (χ2v) is 6.52. The van der Waals surface area contributed by atoms with Gasteiger partial charge in [-0.2, -0.15) is 0 Å². The summed E-state index contributed by atoms with van der Waals surface area (Å²) in [5, 5.41) is 1.08. The van der Waals surface area contributed by atoms with Crippen molar-refractivity contribution in [2.75, 3.05) is 0 Å². The zero-order valence-electron chi connectivity index (χ0n) is 12.6. The van der Waals surface area contributed by atoms with Gasteiger partial charge in [0.15, 0.2) is 5.82 Å². The van der Waals surface area contributed by atoms with Crippen LogP contribution in [0.4, 0.5) is 0 Å². The molecule has 0 unspecified atom stereocenters. The highest BCUT2D eigenvalue weighted by atomic mass is 32.1. The van der Waals surface area contributed by atoms with Crippen LogP contribution in [0.5, 0.6) is 0 Å². The highest BCUT2D eigenvalue weighted by Crippen LogP contribution is 2.26. The third-order valence-corrected chi connectivity index (χ3v) is 4.67. The van der Waals surface area contributed by atoms with Gasteiger partial charge < -0.3 is 4.57 Å². The number of rotatable bonds is 2. The molecular weight excluding hydrogens is 294 g/mol. The lowest BCUT2D eigenvalue weighted by molar-refractivity contribution is 0.858. The average Bonchev–Trinajstić information content (AvgIpc) is 3.16. The van der Waals surface area contributed by atoms with Crippen LogP contribution < -0.4 is 0 Å². The number of aromatic nitrogens is 5. The summed E-state index contributed by atoms with van der Waals surface area (Å²) in [4.78, 5) is 13.6. The summed E-state index contributed by atoms with van der Waals surface area (Å²) in [6.45, 7) is 4.02. The van der Waals surface area contributed by atoms with Crippen LogP contribution in [0, 0.1) is 13.8 Å². The number of hydrogen-bond acceptors (Lipinski definition) is 4. The maximum atomic E-state index is 4.58. The highest BCUT2D eigenvalue weighted by molar-refractivity contribution is 7.18. The summed E-state index contributed by atoms with van der Waals surface area (Å²) in [5.74, 6) is 1.82. The van der Waals surface area contributed by atoms with Gasteiger partial charge in [-0.05, 0) is 32.0 Å². The quantitative estimate of drug-likeness (QED) is 0.569. The lowest BCUT2D eigenvalue weighted by Gasteiger charge is -2.06. The van der Waals surface area contributed by atoms with Crippen LogP contribution in [-0.2, 0) is 7.05 Å². The van der Waals surface area contributed by atoms with Gasteiger partial charge in [-0.1, -0.05) is 0 Å². The smallest absolute Gasteiger partial charge is 0.164 e. The molecule has 0 fully saturated rings. The second kappa shape index (κ2) is 4.78. The molecule has 0 amide bonds. The molecule has 0 aliphatic heterocycles. The van der Waals surface area contributed by atoms with E-state index in [9.17, 15) is 0 Å². The fourth-order valence-corrected chi connectivity index (χ4v) is 3.41. The first-order chi connectivity index (χ1) is 10.6. The molecule has 6 heteroatoms. The Kier molecular flexibility index (Phi) is 2.87. The predicted octanol–water partition coefficient (Wildman–Crippen LogP) is 3.50. The largest absolute Gasteiger partial charge is 0.337 e. The molecule has 4 aromatic rings. The summed E-state index contributed by atoms with van der Waals surface area (Å²) in [5.41, 5.74) is 3.00. The van der Waals surface area contributed by atoms with E-state index in [0.29, 0.717) is 0 Å².